The third-order valence-electron chi connectivity index (χ3n) is 4.80. The molecular formula is C19H20N4O7. The highest BCUT2D eigenvalue weighted by Crippen LogP contribution is 2.28. The number of carbonyl (C=O) groups excluding carboxylic acids is 6. The first kappa shape index (κ1) is 21.1. The number of nitrogens with one attached hydrogen (secondary N) is 1. The highest BCUT2D eigenvalue weighted by Gasteiger charge is 2.47. The van der Waals surface area contributed by atoms with Crippen LogP contribution in [0.1, 0.15) is 40.5 Å². The molecule has 0 radical (unpaired) electrons. The maximum atomic E-state index is 12.8. The van der Waals surface area contributed by atoms with Crippen molar-refractivity contribution in [1.82, 2.24) is 15.1 Å². The molecule has 0 aliphatic carbocycles. The molecular weight excluding hydrogens is 396 g/mol. The van der Waals surface area contributed by atoms with E-state index in [9.17, 15) is 28.8 Å². The maximum absolute atomic E-state index is 12.8. The van der Waals surface area contributed by atoms with Crippen molar-refractivity contribution in [2.75, 3.05) is 13.3 Å². The van der Waals surface area contributed by atoms with E-state index < -0.39 is 60.9 Å². The summed E-state index contributed by atoms with van der Waals surface area (Å²) in [5.41, 5.74) is 5.74. The zero-order valence-electron chi connectivity index (χ0n) is 16.1. The van der Waals surface area contributed by atoms with E-state index in [2.05, 4.69) is 5.32 Å². The Kier molecular flexibility index (Phi) is 5.92. The molecule has 0 bridgehead atoms. The van der Waals surface area contributed by atoms with E-state index in [4.69, 9.17) is 10.5 Å². The van der Waals surface area contributed by atoms with Crippen LogP contribution in [-0.2, 0) is 23.9 Å². The molecule has 2 heterocycles. The van der Waals surface area contributed by atoms with Crippen LogP contribution >= 0.6 is 0 Å². The number of piperidine rings is 1. The Hall–Kier alpha value is -3.60. The lowest BCUT2D eigenvalue weighted by Gasteiger charge is -2.33. The number of nitrogens with two attached hydrogens (primary N) is 1. The largest absolute Gasteiger partial charge is 0.442 e. The van der Waals surface area contributed by atoms with Gasteiger partial charge in [0, 0.05) is 6.42 Å². The Balaban J connectivity index is 1.65. The van der Waals surface area contributed by atoms with Gasteiger partial charge in [0.15, 0.2) is 6.73 Å². The van der Waals surface area contributed by atoms with E-state index in [1.54, 1.807) is 12.1 Å². The van der Waals surface area contributed by atoms with Gasteiger partial charge >= 0.3 is 5.97 Å². The molecule has 3 N–H and O–H groups in total. The number of hydrogen-bond donors (Lipinski definition) is 2. The average molecular weight is 416 g/mol. The summed E-state index contributed by atoms with van der Waals surface area (Å²) in [7, 11) is 0. The van der Waals surface area contributed by atoms with Crippen molar-refractivity contribution in [2.45, 2.75) is 31.8 Å². The number of amides is 5. The normalized spacial score (nSPS) is 19.6. The molecule has 11 nitrogen and oxygen atoms in total. The predicted molar refractivity (Wildman–Crippen MR) is 99.4 cm³/mol. The van der Waals surface area contributed by atoms with Crippen LogP contribution in [0.4, 0.5) is 0 Å². The lowest BCUT2D eigenvalue weighted by atomic mass is 10.0. The molecule has 1 aromatic rings. The minimum Gasteiger partial charge on any atom is -0.442 e. The molecule has 0 saturated carbocycles. The number of ether oxygens (including phenoxy) is 1. The molecule has 158 valence electrons. The quantitative estimate of drug-likeness (QED) is 0.431. The first-order valence-electron chi connectivity index (χ1n) is 9.22. The van der Waals surface area contributed by atoms with Crippen LogP contribution in [0.5, 0.6) is 0 Å². The summed E-state index contributed by atoms with van der Waals surface area (Å²) >= 11 is 0. The van der Waals surface area contributed by atoms with Crippen LogP contribution < -0.4 is 11.1 Å². The monoisotopic (exact) mass is 416 g/mol. The highest BCUT2D eigenvalue weighted by atomic mass is 16.5. The molecule has 0 spiro atoms. The van der Waals surface area contributed by atoms with Gasteiger partial charge in [0.2, 0.25) is 11.8 Å². The molecule has 11 heteroatoms. The number of imide groups is 2. The highest BCUT2D eigenvalue weighted by molar-refractivity contribution is 6.23. The van der Waals surface area contributed by atoms with Crippen molar-refractivity contribution in [3.63, 3.8) is 0 Å². The molecule has 2 atom stereocenters. The number of benzene rings is 1. The minimum atomic E-state index is -1.17. The summed E-state index contributed by atoms with van der Waals surface area (Å²) in [6, 6.07) is 4.20. The Morgan fingerprint density at radius 3 is 2.33 bits per heavy atom. The molecule has 1 aromatic carbocycles. The number of fused-ring (bicyclic) bond motifs is 1. The second-order valence-corrected chi connectivity index (χ2v) is 6.89. The van der Waals surface area contributed by atoms with E-state index in [0.29, 0.717) is 4.90 Å². The number of nitrogens with zero attached hydrogens (tertiary/aromatic N) is 2. The lowest BCUT2D eigenvalue weighted by Crippen LogP contribution is -2.56. The summed E-state index contributed by atoms with van der Waals surface area (Å²) in [5, 5.41) is 2.24. The van der Waals surface area contributed by atoms with E-state index in [0.717, 1.165) is 4.90 Å². The zero-order chi connectivity index (χ0) is 22.0. The Bertz CT molecular complexity index is 908. The van der Waals surface area contributed by atoms with Crippen LogP contribution in [0.3, 0.4) is 0 Å². The van der Waals surface area contributed by atoms with Crippen LogP contribution in [-0.4, -0.2) is 70.7 Å². The Labute approximate surface area is 171 Å². The van der Waals surface area contributed by atoms with Gasteiger partial charge in [0.1, 0.15) is 12.6 Å². The van der Waals surface area contributed by atoms with E-state index in [-0.39, 0.29) is 24.0 Å². The molecule has 30 heavy (non-hydrogen) atoms. The van der Waals surface area contributed by atoms with Crippen molar-refractivity contribution in [1.29, 1.82) is 0 Å². The van der Waals surface area contributed by atoms with Crippen LogP contribution in [0, 0.1) is 0 Å². The fraction of sp³-hybridized carbons (Fsp3) is 0.368. The van der Waals surface area contributed by atoms with Crippen LogP contribution in [0.25, 0.3) is 0 Å². The van der Waals surface area contributed by atoms with Gasteiger partial charge in [0.25, 0.3) is 17.7 Å². The van der Waals surface area contributed by atoms with Crippen molar-refractivity contribution >= 4 is 35.5 Å². The molecule has 1 unspecified atom stereocenters. The van der Waals surface area contributed by atoms with Crippen molar-refractivity contribution < 1.29 is 33.5 Å². The van der Waals surface area contributed by atoms with Crippen molar-refractivity contribution in [3.05, 3.63) is 35.4 Å². The molecule has 3 rings (SSSR count). The third kappa shape index (κ3) is 3.92. The van der Waals surface area contributed by atoms with Gasteiger partial charge in [-0.2, -0.15) is 0 Å². The number of likely N-dealkylation sites (tertiary alicyclic amines) is 1. The third-order valence-corrected chi connectivity index (χ3v) is 4.80. The van der Waals surface area contributed by atoms with Gasteiger partial charge in [0.05, 0.1) is 17.2 Å². The van der Waals surface area contributed by atoms with Crippen LogP contribution in [0.15, 0.2) is 24.3 Å². The van der Waals surface area contributed by atoms with Crippen LogP contribution in [0.2, 0.25) is 0 Å². The number of esters is 1. The summed E-state index contributed by atoms with van der Waals surface area (Å²) in [6.07, 6.45) is -0.124. The van der Waals surface area contributed by atoms with Gasteiger partial charge in [-0.3, -0.25) is 33.7 Å². The maximum Gasteiger partial charge on any atom is 0.327 e. The van der Waals surface area contributed by atoms with Gasteiger partial charge in [-0.05, 0) is 25.5 Å². The zero-order valence-corrected chi connectivity index (χ0v) is 16.1. The molecule has 1 fully saturated rings. The predicted octanol–water partition coefficient (Wildman–Crippen LogP) is -1.24. The molecule has 2 aliphatic rings. The smallest absolute Gasteiger partial charge is 0.327 e. The molecule has 5 amide bonds. The molecule has 2 aliphatic heterocycles. The minimum absolute atomic E-state index is 0.0158. The summed E-state index contributed by atoms with van der Waals surface area (Å²) < 4.78 is 4.88. The van der Waals surface area contributed by atoms with E-state index >= 15 is 0 Å². The average Bonchev–Trinajstić information content (AvgIpc) is 2.97. The number of carbonyl (C=O) groups is 6. The Morgan fingerprint density at radius 1 is 1.17 bits per heavy atom. The SMILES string of the molecule is CC(N)C(=O)NCC(=O)OCN1C(=O)CC[C@H](N2C(=O)c3ccccc3C2=O)C1=O. The summed E-state index contributed by atoms with van der Waals surface area (Å²) in [5.74, 6) is -4.08. The second-order valence-electron chi connectivity index (χ2n) is 6.89. The molecule has 1 saturated heterocycles. The number of hydrogen-bond acceptors (Lipinski definition) is 8. The molecule has 0 aromatic heterocycles. The fourth-order valence-electron chi connectivity index (χ4n) is 3.20. The second kappa shape index (κ2) is 8.41. The lowest BCUT2D eigenvalue weighted by molar-refractivity contribution is -0.163. The first-order chi connectivity index (χ1) is 14.2. The van der Waals surface area contributed by atoms with E-state index in [1.165, 1.54) is 19.1 Å². The van der Waals surface area contributed by atoms with Gasteiger partial charge < -0.3 is 15.8 Å². The van der Waals surface area contributed by atoms with Crippen molar-refractivity contribution in [3.8, 4) is 0 Å². The topological polar surface area (TPSA) is 156 Å². The Morgan fingerprint density at radius 2 is 1.77 bits per heavy atom. The van der Waals surface area contributed by atoms with E-state index in [1.807, 2.05) is 0 Å². The summed E-state index contributed by atoms with van der Waals surface area (Å²) in [4.78, 5) is 74.9. The first-order valence-corrected chi connectivity index (χ1v) is 9.22. The van der Waals surface area contributed by atoms with Gasteiger partial charge in [-0.15, -0.1) is 0 Å². The standard InChI is InChI=1S/C19H20N4O7/c1-10(20)16(26)21-8-15(25)30-9-22-14(24)7-6-13(19(22)29)23-17(27)11-4-2-3-5-12(11)18(23)28/h2-5,10,13H,6-9,20H2,1H3,(H,21,26)/t10?,13-/m0/s1. The van der Waals surface area contributed by atoms with Crippen molar-refractivity contribution in [2.24, 2.45) is 5.73 Å². The summed E-state index contributed by atoms with van der Waals surface area (Å²) in [6.45, 7) is 0.258. The fourth-order valence-corrected chi connectivity index (χ4v) is 3.20. The number of rotatable bonds is 6. The van der Waals surface area contributed by atoms with Gasteiger partial charge in [-0.1, -0.05) is 12.1 Å². The van der Waals surface area contributed by atoms with Gasteiger partial charge in [-0.25, -0.2) is 4.90 Å².